The Morgan fingerprint density at radius 1 is 0.931 bits per heavy atom. The fraction of sp³-hybridized carbons (Fsp3) is 0.0417. The molecular formula is C24H16N2O3. The van der Waals surface area contributed by atoms with Crippen LogP contribution in [0.5, 0.6) is 0 Å². The van der Waals surface area contributed by atoms with Crippen LogP contribution in [0, 0.1) is 11.3 Å². The summed E-state index contributed by atoms with van der Waals surface area (Å²) in [6, 6.07) is 25.1. The number of hydrogen-bond donors (Lipinski definition) is 1. The van der Waals surface area contributed by atoms with Crippen LogP contribution in [-0.2, 0) is 6.54 Å². The number of hydrogen-bond acceptors (Lipinski definition) is 3. The van der Waals surface area contributed by atoms with Crippen LogP contribution in [0.1, 0.15) is 21.6 Å². The first kappa shape index (κ1) is 18.2. The maximum atomic E-state index is 13.3. The fourth-order valence-corrected chi connectivity index (χ4v) is 3.55. The Morgan fingerprint density at radius 3 is 2.21 bits per heavy atom. The summed E-state index contributed by atoms with van der Waals surface area (Å²) in [5, 5.41) is 20.2. The standard InChI is InChI=1S/C24H16N2O3/c25-14-17-11-12-19-20(13-17)21(18-9-5-2-6-10-18)22(24(28)29)26(23(19)27)15-16-7-3-1-4-8-16/h1-13H,15H2,(H,28,29). The zero-order chi connectivity index (χ0) is 20.4. The van der Waals surface area contributed by atoms with E-state index in [1.165, 1.54) is 4.57 Å². The van der Waals surface area contributed by atoms with Gasteiger partial charge in [-0.15, -0.1) is 0 Å². The van der Waals surface area contributed by atoms with Gasteiger partial charge in [0.25, 0.3) is 5.56 Å². The molecule has 1 N–H and O–H groups in total. The van der Waals surface area contributed by atoms with E-state index in [9.17, 15) is 20.0 Å². The molecule has 0 aliphatic rings. The summed E-state index contributed by atoms with van der Waals surface area (Å²) in [5.41, 5.74) is 1.81. The number of carbonyl (C=O) groups is 1. The molecule has 0 unspecified atom stereocenters. The lowest BCUT2D eigenvalue weighted by molar-refractivity contribution is 0.0685. The van der Waals surface area contributed by atoms with E-state index in [1.807, 2.05) is 48.5 Å². The number of rotatable bonds is 4. The molecule has 3 aromatic carbocycles. The van der Waals surface area contributed by atoms with E-state index >= 15 is 0 Å². The topological polar surface area (TPSA) is 83.1 Å². The molecule has 0 saturated carbocycles. The van der Waals surface area contributed by atoms with E-state index in [4.69, 9.17) is 0 Å². The SMILES string of the molecule is N#Cc1ccc2c(=O)n(Cc3ccccc3)c(C(=O)O)c(-c3ccccc3)c2c1. The maximum Gasteiger partial charge on any atom is 0.353 e. The van der Waals surface area contributed by atoms with Gasteiger partial charge in [-0.25, -0.2) is 4.79 Å². The summed E-state index contributed by atoms with van der Waals surface area (Å²) >= 11 is 0. The third kappa shape index (κ3) is 3.28. The molecule has 0 atom stereocenters. The Morgan fingerprint density at radius 2 is 1.59 bits per heavy atom. The number of aromatic nitrogens is 1. The van der Waals surface area contributed by atoms with Crippen molar-refractivity contribution in [2.45, 2.75) is 6.54 Å². The predicted octanol–water partition coefficient (Wildman–Crippen LogP) is 4.29. The molecule has 0 saturated heterocycles. The van der Waals surface area contributed by atoms with Crippen molar-refractivity contribution in [3.05, 3.63) is 106 Å². The molecule has 5 nitrogen and oxygen atoms in total. The van der Waals surface area contributed by atoms with Gasteiger partial charge in [0.1, 0.15) is 5.69 Å². The van der Waals surface area contributed by atoms with E-state index in [2.05, 4.69) is 6.07 Å². The zero-order valence-electron chi connectivity index (χ0n) is 15.4. The highest BCUT2D eigenvalue weighted by molar-refractivity contribution is 6.06. The van der Waals surface area contributed by atoms with E-state index in [0.29, 0.717) is 27.5 Å². The minimum absolute atomic E-state index is 0.0901. The van der Waals surface area contributed by atoms with E-state index in [1.54, 1.807) is 30.3 Å². The van der Waals surface area contributed by atoms with Crippen LogP contribution < -0.4 is 5.56 Å². The van der Waals surface area contributed by atoms with Crippen LogP contribution in [0.25, 0.3) is 21.9 Å². The highest BCUT2D eigenvalue weighted by Crippen LogP contribution is 2.31. The number of carboxylic acids is 1. The lowest BCUT2D eigenvalue weighted by Crippen LogP contribution is -2.28. The molecule has 29 heavy (non-hydrogen) atoms. The van der Waals surface area contributed by atoms with Crippen molar-refractivity contribution in [1.82, 2.24) is 4.57 Å². The van der Waals surface area contributed by atoms with Gasteiger partial charge in [-0.2, -0.15) is 5.26 Å². The van der Waals surface area contributed by atoms with Gasteiger partial charge in [-0.05, 0) is 34.7 Å². The van der Waals surface area contributed by atoms with Crippen molar-refractivity contribution < 1.29 is 9.90 Å². The number of fused-ring (bicyclic) bond motifs is 1. The molecule has 5 heteroatoms. The van der Waals surface area contributed by atoms with Crippen LogP contribution >= 0.6 is 0 Å². The third-order valence-electron chi connectivity index (χ3n) is 4.85. The molecule has 1 heterocycles. The van der Waals surface area contributed by atoms with Gasteiger partial charge in [0.2, 0.25) is 0 Å². The predicted molar refractivity (Wildman–Crippen MR) is 111 cm³/mol. The van der Waals surface area contributed by atoms with E-state index < -0.39 is 11.5 Å². The molecule has 0 spiro atoms. The minimum atomic E-state index is -1.19. The summed E-state index contributed by atoms with van der Waals surface area (Å²) in [6.07, 6.45) is 0. The number of pyridine rings is 1. The second kappa shape index (κ2) is 7.45. The van der Waals surface area contributed by atoms with Crippen molar-refractivity contribution in [1.29, 1.82) is 5.26 Å². The van der Waals surface area contributed by atoms with Gasteiger partial charge >= 0.3 is 5.97 Å². The molecule has 4 rings (SSSR count). The molecule has 0 radical (unpaired) electrons. The van der Waals surface area contributed by atoms with Gasteiger partial charge in [-0.1, -0.05) is 60.7 Å². The molecule has 1 aromatic heterocycles. The largest absolute Gasteiger partial charge is 0.477 e. The Balaban J connectivity index is 2.15. The highest BCUT2D eigenvalue weighted by Gasteiger charge is 2.23. The molecule has 140 valence electrons. The first-order chi connectivity index (χ1) is 14.1. The second-order valence-electron chi connectivity index (χ2n) is 6.64. The van der Waals surface area contributed by atoms with Crippen molar-refractivity contribution in [3.63, 3.8) is 0 Å². The van der Waals surface area contributed by atoms with Gasteiger partial charge in [0, 0.05) is 10.9 Å². The molecule has 0 amide bonds. The first-order valence-electron chi connectivity index (χ1n) is 9.03. The molecule has 0 aliphatic heterocycles. The van der Waals surface area contributed by atoms with Crippen LogP contribution in [0.4, 0.5) is 0 Å². The monoisotopic (exact) mass is 380 g/mol. The van der Waals surface area contributed by atoms with Crippen molar-refractivity contribution >= 4 is 16.7 Å². The number of nitriles is 1. The zero-order valence-corrected chi connectivity index (χ0v) is 15.4. The highest BCUT2D eigenvalue weighted by atomic mass is 16.4. The van der Waals surface area contributed by atoms with Crippen molar-refractivity contribution in [2.24, 2.45) is 0 Å². The lowest BCUT2D eigenvalue weighted by Gasteiger charge is -2.18. The molecule has 0 fully saturated rings. The quantitative estimate of drug-likeness (QED) is 0.573. The fourth-order valence-electron chi connectivity index (χ4n) is 3.55. The Labute approximate surface area is 166 Å². The van der Waals surface area contributed by atoms with Gasteiger partial charge in [0.05, 0.1) is 18.2 Å². The van der Waals surface area contributed by atoms with Crippen molar-refractivity contribution in [2.75, 3.05) is 0 Å². The molecule has 0 bridgehead atoms. The average molecular weight is 380 g/mol. The van der Waals surface area contributed by atoms with Crippen LogP contribution in [0.2, 0.25) is 0 Å². The second-order valence-corrected chi connectivity index (χ2v) is 6.64. The Kier molecular flexibility index (Phi) is 4.68. The van der Waals surface area contributed by atoms with Crippen LogP contribution in [0.15, 0.2) is 83.7 Å². The maximum absolute atomic E-state index is 13.3. The van der Waals surface area contributed by atoms with Gasteiger partial charge in [0.15, 0.2) is 0 Å². The summed E-state index contributed by atoms with van der Waals surface area (Å²) in [4.78, 5) is 25.6. The van der Waals surface area contributed by atoms with E-state index in [-0.39, 0.29) is 12.2 Å². The minimum Gasteiger partial charge on any atom is -0.477 e. The van der Waals surface area contributed by atoms with Crippen LogP contribution in [-0.4, -0.2) is 15.6 Å². The summed E-state index contributed by atoms with van der Waals surface area (Å²) in [6.45, 7) is 0.136. The number of nitrogens with zero attached hydrogens (tertiary/aromatic N) is 2. The smallest absolute Gasteiger partial charge is 0.353 e. The number of aromatic carboxylic acids is 1. The Bertz CT molecular complexity index is 1320. The van der Waals surface area contributed by atoms with Gasteiger partial charge in [-0.3, -0.25) is 9.36 Å². The normalized spacial score (nSPS) is 10.6. The summed E-state index contributed by atoms with van der Waals surface area (Å²) in [7, 11) is 0. The third-order valence-corrected chi connectivity index (χ3v) is 4.85. The summed E-state index contributed by atoms with van der Waals surface area (Å²) < 4.78 is 1.30. The molecule has 4 aromatic rings. The summed E-state index contributed by atoms with van der Waals surface area (Å²) in [5.74, 6) is -1.19. The molecule has 0 aliphatic carbocycles. The van der Waals surface area contributed by atoms with E-state index in [0.717, 1.165) is 5.56 Å². The Hall–Kier alpha value is -4.17. The van der Waals surface area contributed by atoms with Gasteiger partial charge < -0.3 is 5.11 Å². The number of benzene rings is 3. The van der Waals surface area contributed by atoms with Crippen LogP contribution in [0.3, 0.4) is 0 Å². The van der Waals surface area contributed by atoms with Crippen molar-refractivity contribution in [3.8, 4) is 17.2 Å². The number of carboxylic acid groups (broad SMARTS) is 1. The lowest BCUT2D eigenvalue weighted by atomic mass is 9.95. The molecular weight excluding hydrogens is 364 g/mol. The average Bonchev–Trinajstić information content (AvgIpc) is 2.76. The first-order valence-corrected chi connectivity index (χ1v) is 9.03.